The summed E-state index contributed by atoms with van der Waals surface area (Å²) in [5.74, 6) is -0.405. The van der Waals surface area contributed by atoms with Crippen LogP contribution in [-0.4, -0.2) is 50.1 Å². The maximum Gasteiger partial charge on any atom is 0.321 e. The second kappa shape index (κ2) is 9.47. The number of nitrogens with zero attached hydrogens (tertiary/aromatic N) is 4. The van der Waals surface area contributed by atoms with Crippen molar-refractivity contribution in [2.45, 2.75) is 49.4 Å². The summed E-state index contributed by atoms with van der Waals surface area (Å²) in [6.07, 6.45) is 2.11. The molecule has 1 aliphatic heterocycles. The van der Waals surface area contributed by atoms with Gasteiger partial charge in [-0.15, -0.1) is 5.10 Å². The lowest BCUT2D eigenvalue weighted by molar-refractivity contribution is -0.119. The number of hydrogen-bond acceptors (Lipinski definition) is 7. The van der Waals surface area contributed by atoms with Gasteiger partial charge < -0.3 is 10.1 Å². The molecule has 2 N–H and O–H groups in total. The van der Waals surface area contributed by atoms with E-state index in [0.29, 0.717) is 18.2 Å². The van der Waals surface area contributed by atoms with Gasteiger partial charge in [0.2, 0.25) is 11.1 Å². The van der Waals surface area contributed by atoms with Crippen LogP contribution in [0, 0.1) is 0 Å². The number of rotatable bonds is 7. The third kappa shape index (κ3) is 5.76. The lowest BCUT2D eigenvalue weighted by Gasteiger charge is -2.13. The minimum absolute atomic E-state index is 0.0979. The number of ether oxygens (including phenoxy) is 1. The topological polar surface area (TPSA) is 111 Å². The molecule has 2 aromatic rings. The zero-order valence-electron chi connectivity index (χ0n) is 15.0. The summed E-state index contributed by atoms with van der Waals surface area (Å²) in [5, 5.41) is 16.6. The molecule has 2 atom stereocenters. The average molecular weight is 390 g/mol. The highest BCUT2D eigenvalue weighted by molar-refractivity contribution is 8.00. The molecule has 0 aliphatic carbocycles. The quantitative estimate of drug-likeness (QED) is 0.687. The van der Waals surface area contributed by atoms with Gasteiger partial charge in [0.25, 0.3) is 0 Å². The molecular formula is C17H22N6O3S. The average Bonchev–Trinajstić information content (AvgIpc) is 3.34. The van der Waals surface area contributed by atoms with E-state index in [9.17, 15) is 9.59 Å². The van der Waals surface area contributed by atoms with Crippen LogP contribution in [-0.2, 0) is 22.6 Å². The molecular weight excluding hydrogens is 368 g/mol. The zero-order chi connectivity index (χ0) is 19.1. The highest BCUT2D eigenvalue weighted by Gasteiger charge is 2.23. The van der Waals surface area contributed by atoms with Gasteiger partial charge in [0, 0.05) is 13.2 Å². The number of thioether (sulfide) groups is 1. The Bertz CT molecular complexity index is 763. The first-order valence-corrected chi connectivity index (χ1v) is 9.67. The van der Waals surface area contributed by atoms with Crippen LogP contribution in [0.4, 0.5) is 4.79 Å². The monoisotopic (exact) mass is 390 g/mol. The number of hydrogen-bond donors (Lipinski definition) is 2. The highest BCUT2D eigenvalue weighted by Crippen LogP contribution is 2.22. The van der Waals surface area contributed by atoms with Crippen molar-refractivity contribution in [2.75, 3.05) is 6.61 Å². The Balaban J connectivity index is 1.46. The van der Waals surface area contributed by atoms with E-state index in [1.807, 2.05) is 30.3 Å². The van der Waals surface area contributed by atoms with Crippen LogP contribution in [0.25, 0.3) is 0 Å². The van der Waals surface area contributed by atoms with Gasteiger partial charge in [0.15, 0.2) is 0 Å². The summed E-state index contributed by atoms with van der Waals surface area (Å²) < 4.78 is 7.23. The number of nitrogens with one attached hydrogen (secondary N) is 2. The van der Waals surface area contributed by atoms with Gasteiger partial charge in [-0.3, -0.25) is 10.1 Å². The number of carbonyl (C=O) groups excluding carboxylic acids is 2. The second-order valence-electron chi connectivity index (χ2n) is 6.20. The molecule has 0 saturated carbocycles. The van der Waals surface area contributed by atoms with Crippen LogP contribution in [0.15, 0.2) is 35.5 Å². The molecule has 0 unspecified atom stereocenters. The molecule has 2 heterocycles. The van der Waals surface area contributed by atoms with Crippen molar-refractivity contribution in [3.63, 3.8) is 0 Å². The number of tetrazole rings is 1. The second-order valence-corrected chi connectivity index (χ2v) is 7.50. The summed E-state index contributed by atoms with van der Waals surface area (Å²) in [7, 11) is 0. The van der Waals surface area contributed by atoms with Gasteiger partial charge in [0.1, 0.15) is 0 Å². The third-order valence-electron chi connectivity index (χ3n) is 4.08. The number of carbonyl (C=O) groups is 2. The Morgan fingerprint density at radius 2 is 2.19 bits per heavy atom. The van der Waals surface area contributed by atoms with Crippen molar-refractivity contribution in [1.29, 1.82) is 0 Å². The first kappa shape index (κ1) is 19.3. The van der Waals surface area contributed by atoms with Crippen molar-refractivity contribution in [1.82, 2.24) is 30.8 Å². The van der Waals surface area contributed by atoms with Crippen molar-refractivity contribution >= 4 is 23.7 Å². The first-order chi connectivity index (χ1) is 13.1. The van der Waals surface area contributed by atoms with Crippen LogP contribution < -0.4 is 10.6 Å². The van der Waals surface area contributed by atoms with E-state index in [1.54, 1.807) is 11.6 Å². The molecule has 27 heavy (non-hydrogen) atoms. The van der Waals surface area contributed by atoms with Crippen molar-refractivity contribution < 1.29 is 14.3 Å². The molecule has 1 aliphatic rings. The molecule has 144 valence electrons. The Morgan fingerprint density at radius 3 is 2.93 bits per heavy atom. The molecule has 9 nitrogen and oxygen atoms in total. The van der Waals surface area contributed by atoms with E-state index in [4.69, 9.17) is 4.74 Å². The molecule has 10 heteroatoms. The van der Waals surface area contributed by atoms with Gasteiger partial charge >= 0.3 is 6.03 Å². The van der Waals surface area contributed by atoms with Crippen LogP contribution >= 0.6 is 11.8 Å². The maximum atomic E-state index is 12.3. The van der Waals surface area contributed by atoms with Gasteiger partial charge in [-0.05, 0) is 35.8 Å². The fourth-order valence-corrected chi connectivity index (χ4v) is 3.42. The van der Waals surface area contributed by atoms with Gasteiger partial charge in [0.05, 0.1) is 17.9 Å². The van der Waals surface area contributed by atoms with E-state index in [0.717, 1.165) is 25.0 Å². The summed E-state index contributed by atoms with van der Waals surface area (Å²) in [6.45, 7) is 3.37. The van der Waals surface area contributed by atoms with Crippen LogP contribution in [0.5, 0.6) is 0 Å². The standard InChI is InChI=1S/C17H22N6O3S/c1-12(15(24)19-16(25)18-10-13-6-3-2-4-7-13)27-17-20-21-22-23(17)11-14-8-5-9-26-14/h2-4,6-7,12,14H,5,8-11H2,1H3,(H2,18,19,24,25)/t12-,14-/m0/s1. The predicted octanol–water partition coefficient (Wildman–Crippen LogP) is 1.36. The lowest BCUT2D eigenvalue weighted by Crippen LogP contribution is -2.42. The summed E-state index contributed by atoms with van der Waals surface area (Å²) in [4.78, 5) is 24.2. The van der Waals surface area contributed by atoms with Gasteiger partial charge in [-0.1, -0.05) is 42.1 Å². The number of amides is 3. The molecule has 1 aromatic carbocycles. The molecule has 1 saturated heterocycles. The minimum atomic E-state index is -0.532. The minimum Gasteiger partial charge on any atom is -0.376 e. The Hall–Kier alpha value is -2.46. The van der Waals surface area contributed by atoms with E-state index in [1.165, 1.54) is 11.8 Å². The van der Waals surface area contributed by atoms with Crippen LogP contribution in [0.3, 0.4) is 0 Å². The number of aromatic nitrogens is 4. The fourth-order valence-electron chi connectivity index (χ4n) is 2.62. The van der Waals surface area contributed by atoms with Gasteiger partial charge in [-0.2, -0.15) is 0 Å². The van der Waals surface area contributed by atoms with Gasteiger partial charge in [-0.25, -0.2) is 9.48 Å². The Kier molecular flexibility index (Phi) is 6.77. The molecule has 1 fully saturated rings. The van der Waals surface area contributed by atoms with E-state index < -0.39 is 17.2 Å². The molecule has 0 spiro atoms. The number of benzene rings is 1. The van der Waals surface area contributed by atoms with Crippen molar-refractivity contribution in [3.8, 4) is 0 Å². The smallest absolute Gasteiger partial charge is 0.321 e. The molecule has 0 bridgehead atoms. The predicted molar refractivity (Wildman–Crippen MR) is 98.9 cm³/mol. The van der Waals surface area contributed by atoms with Crippen LogP contribution in [0.2, 0.25) is 0 Å². The maximum absolute atomic E-state index is 12.3. The highest BCUT2D eigenvalue weighted by atomic mass is 32.2. The summed E-state index contributed by atoms with van der Waals surface area (Å²) in [6, 6.07) is 8.94. The van der Waals surface area contributed by atoms with E-state index in [2.05, 4.69) is 26.2 Å². The normalized spacial score (nSPS) is 17.4. The molecule has 0 radical (unpaired) electrons. The number of imide groups is 1. The van der Waals surface area contributed by atoms with E-state index >= 15 is 0 Å². The SMILES string of the molecule is C[C@H](Sc1nnnn1C[C@@H]1CCCO1)C(=O)NC(=O)NCc1ccccc1. The molecule has 1 aromatic heterocycles. The summed E-state index contributed by atoms with van der Waals surface area (Å²) in [5.41, 5.74) is 0.954. The fraction of sp³-hybridized carbons (Fsp3) is 0.471. The largest absolute Gasteiger partial charge is 0.376 e. The molecule has 3 rings (SSSR count). The third-order valence-corrected chi connectivity index (χ3v) is 5.15. The number of urea groups is 1. The first-order valence-electron chi connectivity index (χ1n) is 8.79. The van der Waals surface area contributed by atoms with E-state index in [-0.39, 0.29) is 6.10 Å². The Morgan fingerprint density at radius 1 is 1.37 bits per heavy atom. The van der Waals surface area contributed by atoms with Crippen molar-refractivity contribution in [3.05, 3.63) is 35.9 Å². The summed E-state index contributed by atoms with van der Waals surface area (Å²) >= 11 is 1.20. The van der Waals surface area contributed by atoms with Crippen LogP contribution in [0.1, 0.15) is 25.3 Å². The Labute approximate surface area is 161 Å². The van der Waals surface area contributed by atoms with Crippen molar-refractivity contribution in [2.24, 2.45) is 0 Å². The zero-order valence-corrected chi connectivity index (χ0v) is 15.8. The lowest BCUT2D eigenvalue weighted by atomic mass is 10.2. The molecule has 3 amide bonds.